The smallest absolute Gasteiger partial charge is 0.264 e. The first-order chi connectivity index (χ1) is 19.5. The van der Waals surface area contributed by atoms with Crippen LogP contribution in [0.4, 0.5) is 5.69 Å². The second-order valence-electron chi connectivity index (χ2n) is 12.3. The number of benzene rings is 2. The van der Waals surface area contributed by atoms with Crippen LogP contribution in [0.2, 0.25) is 5.02 Å². The van der Waals surface area contributed by atoms with Crippen molar-refractivity contribution < 1.29 is 23.1 Å². The molecule has 0 spiro atoms. The molecule has 5 rings (SSSR count). The predicted octanol–water partition coefficient (Wildman–Crippen LogP) is 5.85. The SMILES string of the molecule is CCCc1cc(Cl)ccc1C1COc2ccc3cc2N(C1)CC1CCC1C(O)/C=C/CCC(C)(C)S(=O)(=O)NC3=O. The average Bonchev–Trinajstić information content (AvgIpc) is 3.07. The third-order valence-electron chi connectivity index (χ3n) is 9.08. The van der Waals surface area contributed by atoms with Gasteiger partial charge < -0.3 is 14.7 Å². The van der Waals surface area contributed by atoms with Gasteiger partial charge in [-0.2, -0.15) is 0 Å². The van der Waals surface area contributed by atoms with Crippen LogP contribution in [0.3, 0.4) is 0 Å². The number of aliphatic hydroxyl groups is 1. The lowest BCUT2D eigenvalue weighted by atomic mass is 9.70. The molecule has 222 valence electrons. The van der Waals surface area contributed by atoms with E-state index >= 15 is 0 Å². The topological polar surface area (TPSA) is 95.9 Å². The van der Waals surface area contributed by atoms with Gasteiger partial charge in [0, 0.05) is 29.6 Å². The maximum absolute atomic E-state index is 13.3. The van der Waals surface area contributed by atoms with Crippen molar-refractivity contribution >= 4 is 33.2 Å². The van der Waals surface area contributed by atoms with Crippen molar-refractivity contribution in [3.63, 3.8) is 0 Å². The van der Waals surface area contributed by atoms with Crippen LogP contribution in [-0.4, -0.2) is 50.0 Å². The number of nitrogens with one attached hydrogen (secondary N) is 1. The van der Waals surface area contributed by atoms with Crippen LogP contribution in [-0.2, 0) is 16.4 Å². The Hall–Kier alpha value is -2.55. The number of halogens is 1. The molecule has 0 saturated heterocycles. The van der Waals surface area contributed by atoms with E-state index in [0.29, 0.717) is 43.3 Å². The largest absolute Gasteiger partial charge is 0.491 e. The molecular formula is C32H41ClN2O5S. The maximum atomic E-state index is 13.3. The molecule has 4 atom stereocenters. The molecule has 1 aliphatic carbocycles. The van der Waals surface area contributed by atoms with E-state index in [1.54, 1.807) is 32.0 Å². The minimum Gasteiger partial charge on any atom is -0.491 e. The van der Waals surface area contributed by atoms with Gasteiger partial charge in [0.25, 0.3) is 5.91 Å². The van der Waals surface area contributed by atoms with Crippen molar-refractivity contribution in [2.45, 2.75) is 76.1 Å². The van der Waals surface area contributed by atoms with Gasteiger partial charge in [-0.15, -0.1) is 0 Å². The lowest BCUT2D eigenvalue weighted by molar-refractivity contribution is 0.0461. The fourth-order valence-corrected chi connectivity index (χ4v) is 7.49. The number of fused-ring (bicyclic) bond motifs is 2. The number of nitrogens with zero attached hydrogens (tertiary/aromatic N) is 1. The van der Waals surface area contributed by atoms with Crippen LogP contribution in [0.15, 0.2) is 48.6 Å². The Bertz CT molecular complexity index is 1420. The first kappa shape index (κ1) is 29.9. The summed E-state index contributed by atoms with van der Waals surface area (Å²) in [6, 6.07) is 11.2. The summed E-state index contributed by atoms with van der Waals surface area (Å²) < 4.78 is 33.9. The number of aryl methyl sites for hydroxylation is 1. The molecular weight excluding hydrogens is 560 g/mol. The maximum Gasteiger partial charge on any atom is 0.264 e. The Balaban J connectivity index is 1.55. The molecule has 1 amide bonds. The van der Waals surface area contributed by atoms with Gasteiger partial charge in [0.05, 0.1) is 23.1 Å². The van der Waals surface area contributed by atoms with Crippen molar-refractivity contribution in [1.82, 2.24) is 4.72 Å². The molecule has 1 fully saturated rings. The molecule has 0 aromatic heterocycles. The molecule has 2 heterocycles. The fraction of sp³-hybridized carbons (Fsp3) is 0.531. The van der Waals surface area contributed by atoms with Crippen LogP contribution in [0, 0.1) is 11.8 Å². The summed E-state index contributed by atoms with van der Waals surface area (Å²) in [7, 11) is -3.96. The Morgan fingerprint density at radius 3 is 2.68 bits per heavy atom. The van der Waals surface area contributed by atoms with E-state index in [1.165, 1.54) is 11.1 Å². The highest BCUT2D eigenvalue weighted by atomic mass is 35.5. The van der Waals surface area contributed by atoms with Crippen LogP contribution < -0.4 is 14.4 Å². The molecule has 9 heteroatoms. The molecule has 7 nitrogen and oxygen atoms in total. The number of carbonyl (C=O) groups is 1. The number of allylic oxidation sites excluding steroid dienone is 1. The van der Waals surface area contributed by atoms with Crippen molar-refractivity contribution in [3.8, 4) is 5.75 Å². The Kier molecular flexibility index (Phi) is 8.74. The van der Waals surface area contributed by atoms with Gasteiger partial charge in [0.1, 0.15) is 5.75 Å². The molecule has 2 aliphatic heterocycles. The monoisotopic (exact) mass is 600 g/mol. The molecule has 41 heavy (non-hydrogen) atoms. The second-order valence-corrected chi connectivity index (χ2v) is 15.1. The number of aliphatic hydroxyl groups excluding tert-OH is 1. The van der Waals surface area contributed by atoms with Gasteiger partial charge in [-0.1, -0.05) is 43.2 Å². The summed E-state index contributed by atoms with van der Waals surface area (Å²) >= 11 is 6.37. The van der Waals surface area contributed by atoms with Gasteiger partial charge in [0.15, 0.2) is 0 Å². The van der Waals surface area contributed by atoms with Crippen LogP contribution in [0.1, 0.15) is 80.3 Å². The van der Waals surface area contributed by atoms with E-state index in [9.17, 15) is 18.3 Å². The zero-order valence-electron chi connectivity index (χ0n) is 24.1. The van der Waals surface area contributed by atoms with E-state index in [0.717, 1.165) is 31.4 Å². The van der Waals surface area contributed by atoms with Crippen molar-refractivity contribution in [1.29, 1.82) is 0 Å². The molecule has 2 N–H and O–H groups in total. The second kappa shape index (κ2) is 12.0. The Morgan fingerprint density at radius 1 is 1.15 bits per heavy atom. The number of rotatable bonds is 3. The number of hydrogen-bond donors (Lipinski definition) is 2. The quantitative estimate of drug-likeness (QED) is 0.429. The van der Waals surface area contributed by atoms with Gasteiger partial charge in [0.2, 0.25) is 10.0 Å². The minimum absolute atomic E-state index is 0.0635. The van der Waals surface area contributed by atoms with Gasteiger partial charge >= 0.3 is 0 Å². The first-order valence-corrected chi connectivity index (χ1v) is 16.6. The van der Waals surface area contributed by atoms with E-state index in [1.807, 2.05) is 24.3 Å². The number of amides is 1. The standard InChI is InChI=1S/C32H41ClN2O5S/c1-4-7-21-16-25(33)11-13-26(21)24-19-35-18-23-9-12-27(23)29(36)8-5-6-15-32(2,3)41(38,39)34-31(37)22-10-14-30(40-20-24)28(35)17-22/h5,8,10-11,13-14,16-17,23-24,27,29,36H,4,6-7,9,12,15,18-20H2,1-3H3,(H,34,37)/b8-5+. The van der Waals surface area contributed by atoms with Gasteiger partial charge in [-0.05, 0) is 99.2 Å². The van der Waals surface area contributed by atoms with Crippen molar-refractivity contribution in [3.05, 3.63) is 70.3 Å². The van der Waals surface area contributed by atoms with Gasteiger partial charge in [-0.25, -0.2) is 13.1 Å². The lowest BCUT2D eigenvalue weighted by Crippen LogP contribution is -2.45. The normalized spacial score (nSPS) is 28.3. The summed E-state index contributed by atoms with van der Waals surface area (Å²) in [4.78, 5) is 15.5. The van der Waals surface area contributed by atoms with Crippen LogP contribution in [0.5, 0.6) is 5.75 Å². The Labute approximate surface area is 249 Å². The number of ether oxygens (including phenoxy) is 1. The fourth-order valence-electron chi connectivity index (χ4n) is 6.27. The minimum atomic E-state index is -3.96. The number of anilines is 1. The zero-order chi connectivity index (χ0) is 29.4. The number of carbonyl (C=O) groups excluding carboxylic acids is 1. The number of sulfonamides is 1. The summed E-state index contributed by atoms with van der Waals surface area (Å²) in [5.41, 5.74) is 3.45. The van der Waals surface area contributed by atoms with E-state index < -0.39 is 26.8 Å². The van der Waals surface area contributed by atoms with E-state index in [4.69, 9.17) is 16.3 Å². The highest BCUT2D eigenvalue weighted by Crippen LogP contribution is 2.42. The number of hydrogen-bond acceptors (Lipinski definition) is 6. The first-order valence-electron chi connectivity index (χ1n) is 14.7. The van der Waals surface area contributed by atoms with Crippen LogP contribution >= 0.6 is 11.6 Å². The molecule has 2 aromatic carbocycles. The summed E-state index contributed by atoms with van der Waals surface area (Å²) in [5.74, 6) is 0.483. The Morgan fingerprint density at radius 2 is 1.95 bits per heavy atom. The third-order valence-corrected chi connectivity index (χ3v) is 11.4. The average molecular weight is 601 g/mol. The van der Waals surface area contributed by atoms with E-state index in [-0.39, 0.29) is 23.3 Å². The molecule has 1 saturated carbocycles. The molecule has 2 aromatic rings. The highest BCUT2D eigenvalue weighted by molar-refractivity contribution is 7.91. The lowest BCUT2D eigenvalue weighted by Gasteiger charge is -2.42. The van der Waals surface area contributed by atoms with E-state index in [2.05, 4.69) is 22.6 Å². The van der Waals surface area contributed by atoms with Crippen molar-refractivity contribution in [2.24, 2.45) is 11.8 Å². The summed E-state index contributed by atoms with van der Waals surface area (Å²) in [6.45, 7) is 7.23. The van der Waals surface area contributed by atoms with Crippen molar-refractivity contribution in [2.75, 3.05) is 24.6 Å². The molecule has 2 bridgehead atoms. The van der Waals surface area contributed by atoms with Gasteiger partial charge in [-0.3, -0.25) is 4.79 Å². The van der Waals surface area contributed by atoms with Crippen LogP contribution in [0.25, 0.3) is 0 Å². The predicted molar refractivity (Wildman–Crippen MR) is 163 cm³/mol. The molecule has 4 unspecified atom stereocenters. The highest BCUT2D eigenvalue weighted by Gasteiger charge is 2.39. The zero-order valence-corrected chi connectivity index (χ0v) is 25.7. The molecule has 0 radical (unpaired) electrons. The summed E-state index contributed by atoms with van der Waals surface area (Å²) in [6.07, 6.45) is 7.78. The summed E-state index contributed by atoms with van der Waals surface area (Å²) in [5, 5.41) is 11.7. The molecule has 3 aliphatic rings. The third kappa shape index (κ3) is 6.30.